The van der Waals surface area contributed by atoms with Crippen molar-refractivity contribution in [2.75, 3.05) is 20.8 Å². The highest BCUT2D eigenvalue weighted by atomic mass is 32.2. The Bertz CT molecular complexity index is 1180. The Hall–Kier alpha value is -3.56. The van der Waals surface area contributed by atoms with E-state index in [2.05, 4.69) is 10.0 Å². The van der Waals surface area contributed by atoms with Gasteiger partial charge in [0, 0.05) is 6.04 Å². The lowest BCUT2D eigenvalue weighted by Gasteiger charge is -2.15. The molecule has 9 heteroatoms. The zero-order chi connectivity index (χ0) is 24.6. The SMILES string of the molecule is COc1cccc(OC)c1CNC(=O)COc1ccc(S(=O)(=O)NC(C)c2ccccc2)cc1. The summed E-state index contributed by atoms with van der Waals surface area (Å²) in [5.74, 6) is 1.24. The van der Waals surface area contributed by atoms with Gasteiger partial charge in [0.25, 0.3) is 5.91 Å². The molecule has 0 spiro atoms. The molecular weight excluding hydrogens is 456 g/mol. The van der Waals surface area contributed by atoms with E-state index in [1.165, 1.54) is 24.3 Å². The second kappa shape index (κ2) is 11.5. The van der Waals surface area contributed by atoms with Gasteiger partial charge in [-0.1, -0.05) is 36.4 Å². The Morgan fingerprint density at radius 2 is 1.50 bits per heavy atom. The predicted octanol–water partition coefficient (Wildman–Crippen LogP) is 3.44. The molecule has 0 aliphatic carbocycles. The molecule has 0 radical (unpaired) electrons. The maximum Gasteiger partial charge on any atom is 0.258 e. The van der Waals surface area contributed by atoms with E-state index in [1.54, 1.807) is 39.3 Å². The highest BCUT2D eigenvalue weighted by molar-refractivity contribution is 7.89. The molecule has 1 unspecified atom stereocenters. The standard InChI is InChI=1S/C25H28N2O6S/c1-18(19-8-5-4-6-9-19)27-34(29,30)21-14-12-20(13-15-21)33-17-25(28)26-16-22-23(31-2)10-7-11-24(22)32-3/h4-15,18,27H,16-17H2,1-3H3,(H,26,28). The lowest BCUT2D eigenvalue weighted by molar-refractivity contribution is -0.123. The average Bonchev–Trinajstić information content (AvgIpc) is 2.86. The average molecular weight is 485 g/mol. The minimum absolute atomic E-state index is 0.107. The maximum absolute atomic E-state index is 12.7. The third kappa shape index (κ3) is 6.49. The molecule has 8 nitrogen and oxygen atoms in total. The maximum atomic E-state index is 12.7. The molecule has 1 amide bonds. The van der Waals surface area contributed by atoms with Crippen LogP contribution in [0.15, 0.2) is 77.7 Å². The molecule has 0 bridgehead atoms. The van der Waals surface area contributed by atoms with E-state index in [1.807, 2.05) is 30.3 Å². The first-order valence-electron chi connectivity index (χ1n) is 10.6. The molecular formula is C25H28N2O6S. The van der Waals surface area contributed by atoms with Crippen molar-refractivity contribution in [3.8, 4) is 17.2 Å². The first kappa shape index (κ1) is 25.1. The molecule has 2 N–H and O–H groups in total. The number of amides is 1. The van der Waals surface area contributed by atoms with E-state index < -0.39 is 10.0 Å². The van der Waals surface area contributed by atoms with Crippen molar-refractivity contribution >= 4 is 15.9 Å². The minimum atomic E-state index is -3.72. The van der Waals surface area contributed by atoms with Gasteiger partial charge in [0.1, 0.15) is 17.2 Å². The summed E-state index contributed by atoms with van der Waals surface area (Å²) in [6, 6.07) is 20.2. The molecule has 0 saturated carbocycles. The number of carbonyl (C=O) groups excluding carboxylic acids is 1. The summed E-state index contributed by atoms with van der Waals surface area (Å²) in [6.07, 6.45) is 0. The number of hydrogen-bond acceptors (Lipinski definition) is 6. The summed E-state index contributed by atoms with van der Waals surface area (Å²) in [7, 11) is -0.624. The van der Waals surface area contributed by atoms with Crippen molar-refractivity contribution in [2.45, 2.75) is 24.4 Å². The predicted molar refractivity (Wildman–Crippen MR) is 129 cm³/mol. The third-order valence-electron chi connectivity index (χ3n) is 5.13. The van der Waals surface area contributed by atoms with Gasteiger partial charge in [-0.15, -0.1) is 0 Å². The highest BCUT2D eigenvalue weighted by Crippen LogP contribution is 2.28. The van der Waals surface area contributed by atoms with Crippen LogP contribution < -0.4 is 24.2 Å². The molecule has 0 saturated heterocycles. The zero-order valence-electron chi connectivity index (χ0n) is 19.3. The number of rotatable bonds is 11. The van der Waals surface area contributed by atoms with Crippen molar-refractivity contribution < 1.29 is 27.4 Å². The van der Waals surface area contributed by atoms with Gasteiger partial charge in [-0.3, -0.25) is 4.79 Å². The van der Waals surface area contributed by atoms with Gasteiger partial charge >= 0.3 is 0 Å². The number of ether oxygens (including phenoxy) is 3. The summed E-state index contributed by atoms with van der Waals surface area (Å²) in [4.78, 5) is 12.4. The minimum Gasteiger partial charge on any atom is -0.496 e. The Labute approximate surface area is 199 Å². The lowest BCUT2D eigenvalue weighted by Crippen LogP contribution is -2.28. The summed E-state index contributed by atoms with van der Waals surface area (Å²) >= 11 is 0. The second-order valence-corrected chi connectivity index (χ2v) is 9.15. The monoisotopic (exact) mass is 484 g/mol. The van der Waals surface area contributed by atoms with Crippen LogP contribution in [-0.2, 0) is 21.4 Å². The van der Waals surface area contributed by atoms with E-state index in [4.69, 9.17) is 14.2 Å². The molecule has 0 heterocycles. The van der Waals surface area contributed by atoms with Gasteiger partial charge in [-0.25, -0.2) is 13.1 Å². The van der Waals surface area contributed by atoms with Crippen LogP contribution >= 0.6 is 0 Å². The number of sulfonamides is 1. The largest absolute Gasteiger partial charge is 0.496 e. The molecule has 180 valence electrons. The summed E-state index contributed by atoms with van der Waals surface area (Å²) in [5.41, 5.74) is 1.58. The summed E-state index contributed by atoms with van der Waals surface area (Å²) in [6.45, 7) is 1.76. The van der Waals surface area contributed by atoms with Crippen LogP contribution in [0.25, 0.3) is 0 Å². The van der Waals surface area contributed by atoms with E-state index in [0.717, 1.165) is 5.56 Å². The first-order valence-corrected chi connectivity index (χ1v) is 12.1. The van der Waals surface area contributed by atoms with Gasteiger partial charge in [-0.2, -0.15) is 0 Å². The Kier molecular flexibility index (Phi) is 8.50. The summed E-state index contributed by atoms with van der Waals surface area (Å²) in [5, 5.41) is 2.76. The van der Waals surface area contributed by atoms with Crippen LogP contribution in [0.2, 0.25) is 0 Å². The number of methoxy groups -OCH3 is 2. The molecule has 34 heavy (non-hydrogen) atoms. The van der Waals surface area contributed by atoms with Gasteiger partial charge < -0.3 is 19.5 Å². The van der Waals surface area contributed by atoms with Crippen LogP contribution in [0.5, 0.6) is 17.2 Å². The number of hydrogen-bond donors (Lipinski definition) is 2. The van der Waals surface area contributed by atoms with Crippen molar-refractivity contribution in [1.29, 1.82) is 0 Å². The van der Waals surface area contributed by atoms with Crippen molar-refractivity contribution in [1.82, 2.24) is 10.0 Å². The fraction of sp³-hybridized carbons (Fsp3) is 0.240. The normalized spacial score (nSPS) is 12.0. The Morgan fingerprint density at radius 3 is 2.09 bits per heavy atom. The first-order chi connectivity index (χ1) is 16.3. The molecule has 3 rings (SSSR count). The van der Waals surface area contributed by atoms with E-state index in [9.17, 15) is 13.2 Å². The quantitative estimate of drug-likeness (QED) is 0.432. The van der Waals surface area contributed by atoms with E-state index >= 15 is 0 Å². The van der Waals surface area contributed by atoms with Gasteiger partial charge in [0.05, 0.1) is 31.2 Å². The fourth-order valence-corrected chi connectivity index (χ4v) is 4.55. The van der Waals surface area contributed by atoms with Crippen molar-refractivity contribution in [3.05, 3.63) is 83.9 Å². The molecule has 0 fully saturated rings. The molecule has 1 atom stereocenters. The van der Waals surface area contributed by atoms with Crippen LogP contribution in [0.4, 0.5) is 0 Å². The fourth-order valence-electron chi connectivity index (χ4n) is 3.31. The molecule has 0 aliphatic heterocycles. The number of carbonyl (C=O) groups is 1. The van der Waals surface area contributed by atoms with Gasteiger partial charge in [-0.05, 0) is 48.9 Å². The number of benzene rings is 3. The van der Waals surface area contributed by atoms with Crippen molar-refractivity contribution in [2.24, 2.45) is 0 Å². The topological polar surface area (TPSA) is 103 Å². The van der Waals surface area contributed by atoms with E-state index in [0.29, 0.717) is 22.8 Å². The molecule has 0 aliphatic rings. The van der Waals surface area contributed by atoms with Crippen LogP contribution in [0.1, 0.15) is 24.1 Å². The second-order valence-electron chi connectivity index (χ2n) is 7.43. The smallest absolute Gasteiger partial charge is 0.258 e. The van der Waals surface area contributed by atoms with Crippen LogP contribution in [-0.4, -0.2) is 35.2 Å². The molecule has 3 aromatic rings. The van der Waals surface area contributed by atoms with E-state index in [-0.39, 0.29) is 30.0 Å². The van der Waals surface area contributed by atoms with Crippen LogP contribution in [0.3, 0.4) is 0 Å². The van der Waals surface area contributed by atoms with Gasteiger partial charge in [0.2, 0.25) is 10.0 Å². The Balaban J connectivity index is 1.54. The van der Waals surface area contributed by atoms with Crippen molar-refractivity contribution in [3.63, 3.8) is 0 Å². The Morgan fingerprint density at radius 1 is 0.882 bits per heavy atom. The van der Waals surface area contributed by atoms with Gasteiger partial charge in [0.15, 0.2) is 6.61 Å². The summed E-state index contributed by atoms with van der Waals surface area (Å²) < 4.78 is 44.2. The molecule has 0 aromatic heterocycles. The third-order valence-corrected chi connectivity index (χ3v) is 6.68. The highest BCUT2D eigenvalue weighted by Gasteiger charge is 2.18. The number of nitrogens with one attached hydrogen (secondary N) is 2. The molecule has 3 aromatic carbocycles. The zero-order valence-corrected chi connectivity index (χ0v) is 20.1. The lowest BCUT2D eigenvalue weighted by atomic mass is 10.1. The van der Waals surface area contributed by atoms with Crippen LogP contribution in [0, 0.1) is 0 Å².